The number of amides is 1. The smallest absolute Gasteiger partial charge is 0.416 e. The van der Waals surface area contributed by atoms with Gasteiger partial charge in [-0.3, -0.25) is 9.88 Å². The van der Waals surface area contributed by atoms with Gasteiger partial charge in [0, 0.05) is 18.3 Å². The fraction of sp³-hybridized carbons (Fsp3) is 0.480. The fourth-order valence-electron chi connectivity index (χ4n) is 4.82. The molecule has 16 heteroatoms. The molecule has 1 amide bonds. The summed E-state index contributed by atoms with van der Waals surface area (Å²) in [6.07, 6.45) is -10.1. The Labute approximate surface area is 230 Å². The number of aryl methyl sites for hydroxylation is 1. The van der Waals surface area contributed by atoms with Crippen molar-refractivity contribution < 1.29 is 41.0 Å². The van der Waals surface area contributed by atoms with Crippen LogP contribution < -0.4 is 9.80 Å². The van der Waals surface area contributed by atoms with E-state index in [1.165, 1.54) is 16.9 Å². The van der Waals surface area contributed by atoms with Gasteiger partial charge in [0.15, 0.2) is 0 Å². The third-order valence-corrected chi connectivity index (χ3v) is 6.70. The maximum absolute atomic E-state index is 13.6. The van der Waals surface area contributed by atoms with Crippen molar-refractivity contribution in [1.82, 2.24) is 25.2 Å². The zero-order valence-electron chi connectivity index (χ0n) is 22.2. The highest BCUT2D eigenvalue weighted by molar-refractivity contribution is 5.90. The van der Waals surface area contributed by atoms with Crippen molar-refractivity contribution in [2.24, 2.45) is 0 Å². The first-order valence-corrected chi connectivity index (χ1v) is 12.5. The normalized spacial score (nSPS) is 17.4. The largest absolute Gasteiger partial charge is 0.452 e. The number of anilines is 2. The average molecular weight is 588 g/mol. The minimum Gasteiger partial charge on any atom is -0.452 e. The minimum atomic E-state index is -5.03. The van der Waals surface area contributed by atoms with Crippen LogP contribution in [-0.4, -0.2) is 56.1 Å². The molecule has 10 nitrogen and oxygen atoms in total. The van der Waals surface area contributed by atoms with Gasteiger partial charge in [0.05, 0.1) is 48.8 Å². The monoisotopic (exact) mass is 587 g/mol. The van der Waals surface area contributed by atoms with Gasteiger partial charge < -0.3 is 14.7 Å². The zero-order chi connectivity index (χ0) is 30.1. The van der Waals surface area contributed by atoms with E-state index >= 15 is 0 Å². The van der Waals surface area contributed by atoms with E-state index in [4.69, 9.17) is 4.74 Å². The molecule has 1 N–H and O–H groups in total. The van der Waals surface area contributed by atoms with Crippen molar-refractivity contribution in [2.75, 3.05) is 23.5 Å². The summed E-state index contributed by atoms with van der Waals surface area (Å²) in [4.78, 5) is 21.3. The number of alkyl halides is 6. The number of tetrazole rings is 1. The second-order valence-corrected chi connectivity index (χ2v) is 9.46. The first-order chi connectivity index (χ1) is 19.3. The zero-order valence-corrected chi connectivity index (χ0v) is 22.2. The Hall–Kier alpha value is -3.95. The number of nitrogens with zero attached hydrogens (tertiary/aromatic N) is 7. The van der Waals surface area contributed by atoms with Gasteiger partial charge >= 0.3 is 18.4 Å². The third kappa shape index (κ3) is 6.36. The number of rotatable bonds is 7. The highest BCUT2D eigenvalue weighted by atomic mass is 19.4. The van der Waals surface area contributed by atoms with E-state index < -0.39 is 48.2 Å². The van der Waals surface area contributed by atoms with E-state index in [0.717, 1.165) is 4.80 Å². The fourth-order valence-corrected chi connectivity index (χ4v) is 4.82. The molecule has 41 heavy (non-hydrogen) atoms. The number of carbonyl (C=O) groups is 1. The number of hydrogen-bond donors (Lipinski definition) is 1. The highest BCUT2D eigenvalue weighted by Gasteiger charge is 2.42. The number of methoxy groups -OCH3 is 1. The van der Waals surface area contributed by atoms with Gasteiger partial charge in [-0.05, 0) is 60.9 Å². The van der Waals surface area contributed by atoms with Gasteiger partial charge in [-0.15, -0.1) is 5.10 Å². The van der Waals surface area contributed by atoms with Crippen LogP contribution in [0.3, 0.4) is 0 Å². The quantitative estimate of drug-likeness (QED) is 0.389. The molecule has 0 fully saturated rings. The number of ether oxygens (including phenoxy) is 1. The Balaban J connectivity index is 1.90. The van der Waals surface area contributed by atoms with E-state index in [-0.39, 0.29) is 37.2 Å². The Morgan fingerprint density at radius 1 is 1.12 bits per heavy atom. The summed E-state index contributed by atoms with van der Waals surface area (Å²) < 4.78 is 86.7. The molecule has 0 radical (unpaired) electrons. The molecule has 3 heterocycles. The molecule has 0 saturated carbocycles. The van der Waals surface area contributed by atoms with E-state index in [9.17, 15) is 36.2 Å². The number of aromatic nitrogens is 5. The van der Waals surface area contributed by atoms with Gasteiger partial charge in [0.25, 0.3) is 5.95 Å². The highest BCUT2D eigenvalue weighted by Crippen LogP contribution is 2.43. The molecular weight excluding hydrogens is 560 g/mol. The molecule has 4 rings (SSSR count). The van der Waals surface area contributed by atoms with Gasteiger partial charge in [-0.2, -0.15) is 31.1 Å². The van der Waals surface area contributed by atoms with Gasteiger partial charge in [-0.1, -0.05) is 12.0 Å². The van der Waals surface area contributed by atoms with E-state index in [0.29, 0.717) is 35.6 Å². The summed E-state index contributed by atoms with van der Waals surface area (Å²) in [7, 11) is 1.23. The van der Waals surface area contributed by atoms with Gasteiger partial charge in [0.2, 0.25) is 0 Å². The number of hydrogen-bond acceptors (Lipinski definition) is 8. The molecule has 2 aromatic heterocycles. The number of benzene rings is 1. The van der Waals surface area contributed by atoms with E-state index in [1.54, 1.807) is 19.1 Å². The molecule has 2 atom stereocenters. The van der Waals surface area contributed by atoms with E-state index in [1.807, 2.05) is 6.92 Å². The Morgan fingerprint density at radius 2 is 1.78 bits per heavy atom. The van der Waals surface area contributed by atoms with Gasteiger partial charge in [-0.25, -0.2) is 4.79 Å². The summed E-state index contributed by atoms with van der Waals surface area (Å²) in [5.41, 5.74) is -1.95. The van der Waals surface area contributed by atoms with Crippen LogP contribution in [0.5, 0.6) is 0 Å². The Morgan fingerprint density at radius 3 is 2.34 bits per heavy atom. The standard InChI is InChI=1S/C25H27F6N7O3/c1-4-18-12-20(21-19(6-5-14(2)32-21)38(18)23(40)41-3)36(22-33-35-37(34-22)7-8-39)13-15-9-16(24(26,27)28)11-17(10-15)25(29,30)31/h5-6,9-11,18,20,39H,4,7-8,12-13H2,1-3H3/t18-,20-/m1/s1. The lowest BCUT2D eigenvalue weighted by Gasteiger charge is -2.42. The summed E-state index contributed by atoms with van der Waals surface area (Å²) in [5, 5.41) is 21.3. The van der Waals surface area contributed by atoms with Crippen molar-refractivity contribution >= 4 is 17.7 Å². The molecule has 1 aliphatic rings. The lowest BCUT2D eigenvalue weighted by atomic mass is 9.91. The molecule has 0 spiro atoms. The molecule has 222 valence electrons. The second kappa shape index (κ2) is 11.5. The lowest BCUT2D eigenvalue weighted by Crippen LogP contribution is -2.48. The van der Waals surface area contributed by atoms with Crippen molar-refractivity contribution in [3.8, 4) is 0 Å². The van der Waals surface area contributed by atoms with E-state index in [2.05, 4.69) is 20.4 Å². The molecule has 1 aliphatic heterocycles. The molecule has 0 aliphatic carbocycles. The van der Waals surface area contributed by atoms with Crippen molar-refractivity contribution in [2.45, 2.75) is 64.2 Å². The maximum Gasteiger partial charge on any atom is 0.416 e. The maximum atomic E-state index is 13.6. The first kappa shape index (κ1) is 30.0. The molecule has 3 aromatic rings. The van der Waals surface area contributed by atoms with Crippen LogP contribution in [0.15, 0.2) is 30.3 Å². The van der Waals surface area contributed by atoms with Crippen LogP contribution in [0.1, 0.15) is 53.9 Å². The van der Waals surface area contributed by atoms with Crippen LogP contribution in [0.25, 0.3) is 0 Å². The third-order valence-electron chi connectivity index (χ3n) is 6.70. The predicted octanol–water partition coefficient (Wildman–Crippen LogP) is 4.91. The van der Waals surface area contributed by atoms with Crippen molar-refractivity contribution in [3.63, 3.8) is 0 Å². The number of carbonyl (C=O) groups excluding carboxylic acids is 1. The molecule has 0 unspecified atom stereocenters. The predicted molar refractivity (Wildman–Crippen MR) is 133 cm³/mol. The summed E-state index contributed by atoms with van der Waals surface area (Å²) >= 11 is 0. The topological polar surface area (TPSA) is 110 Å². The van der Waals surface area contributed by atoms with Crippen LogP contribution in [0, 0.1) is 6.92 Å². The Bertz CT molecular complexity index is 1360. The Kier molecular flexibility index (Phi) is 8.42. The lowest BCUT2D eigenvalue weighted by molar-refractivity contribution is -0.143. The average Bonchev–Trinajstić information content (AvgIpc) is 3.38. The molecular formula is C25H27F6N7O3. The summed E-state index contributed by atoms with van der Waals surface area (Å²) in [6, 6.07) is 3.43. The number of halogens is 6. The van der Waals surface area contributed by atoms with Crippen LogP contribution in [-0.2, 0) is 30.2 Å². The van der Waals surface area contributed by atoms with Crippen molar-refractivity contribution in [3.05, 3.63) is 58.4 Å². The molecule has 0 bridgehead atoms. The molecule has 1 aromatic carbocycles. The van der Waals surface area contributed by atoms with Crippen LogP contribution >= 0.6 is 0 Å². The molecule has 0 saturated heterocycles. The van der Waals surface area contributed by atoms with Crippen molar-refractivity contribution in [1.29, 1.82) is 0 Å². The minimum absolute atomic E-state index is 0.0467. The van der Waals surface area contributed by atoms with Crippen LogP contribution in [0.2, 0.25) is 0 Å². The van der Waals surface area contributed by atoms with Crippen LogP contribution in [0.4, 0.5) is 42.8 Å². The second-order valence-electron chi connectivity index (χ2n) is 9.46. The number of pyridine rings is 1. The first-order valence-electron chi connectivity index (χ1n) is 12.5. The number of fused-ring (bicyclic) bond motifs is 1. The SMILES string of the molecule is CC[C@@H]1C[C@@H](N(Cc2cc(C(F)(F)F)cc(C(F)(F)F)c2)c2nnn(CCO)n2)c2nc(C)ccc2N1C(=O)OC. The van der Waals surface area contributed by atoms with Gasteiger partial charge in [0.1, 0.15) is 0 Å². The number of aliphatic hydroxyl groups is 1. The number of aliphatic hydroxyl groups excluding tert-OH is 1. The summed E-state index contributed by atoms with van der Waals surface area (Å²) in [6.45, 7) is 2.67. The summed E-state index contributed by atoms with van der Waals surface area (Å²) in [5.74, 6) is -0.106.